The van der Waals surface area contributed by atoms with Gasteiger partial charge in [-0.1, -0.05) is 11.6 Å². The van der Waals surface area contributed by atoms with Gasteiger partial charge in [-0.15, -0.1) is 0 Å². The Morgan fingerprint density at radius 3 is 2.78 bits per heavy atom. The van der Waals surface area contributed by atoms with Crippen molar-refractivity contribution in [2.75, 3.05) is 13.7 Å². The summed E-state index contributed by atoms with van der Waals surface area (Å²) < 4.78 is 15.7. The van der Waals surface area contributed by atoms with Gasteiger partial charge in [0.05, 0.1) is 25.0 Å². The number of halogens is 1. The molecular formula is C14H18ClN3O4S. The summed E-state index contributed by atoms with van der Waals surface area (Å²) in [5.41, 5.74) is 8.25. The van der Waals surface area contributed by atoms with Crippen molar-refractivity contribution in [3.8, 4) is 11.5 Å². The lowest BCUT2D eigenvalue weighted by Crippen LogP contribution is -2.26. The van der Waals surface area contributed by atoms with E-state index in [0.717, 1.165) is 0 Å². The molecule has 0 aliphatic heterocycles. The molecule has 3 N–H and O–H groups in total. The van der Waals surface area contributed by atoms with Gasteiger partial charge in [0.1, 0.15) is 0 Å². The number of ether oxygens (including phenoxy) is 3. The van der Waals surface area contributed by atoms with E-state index in [2.05, 4.69) is 22.7 Å². The molecule has 0 saturated heterocycles. The number of rotatable bonds is 7. The van der Waals surface area contributed by atoms with Crippen molar-refractivity contribution in [1.82, 2.24) is 5.43 Å². The van der Waals surface area contributed by atoms with Gasteiger partial charge < -0.3 is 19.9 Å². The van der Waals surface area contributed by atoms with Crippen molar-refractivity contribution in [3.63, 3.8) is 0 Å². The van der Waals surface area contributed by atoms with Crippen molar-refractivity contribution in [1.29, 1.82) is 0 Å². The quantitative estimate of drug-likeness (QED) is 0.332. The number of hydrogen-bond donors (Lipinski definition) is 2. The minimum absolute atomic E-state index is 0.0348. The van der Waals surface area contributed by atoms with Crippen LogP contribution < -0.4 is 20.6 Å². The monoisotopic (exact) mass is 359 g/mol. The predicted octanol–water partition coefficient (Wildman–Crippen LogP) is 1.85. The first-order chi connectivity index (χ1) is 10.9. The number of thiocarbonyl (C=S) groups is 1. The van der Waals surface area contributed by atoms with Gasteiger partial charge in [-0.05, 0) is 32.1 Å². The standard InChI is InChI=1S/C14H18ClN3O4S/c1-4-21-13(19)8(2)22-12-6-10(15)9(5-11(12)20-3)7-17-18-14(16)23/h5-8H,4H2,1-3H3,(H3,16,18,23). The van der Waals surface area contributed by atoms with E-state index in [1.807, 2.05) is 0 Å². The molecule has 0 fully saturated rings. The van der Waals surface area contributed by atoms with Crippen molar-refractivity contribution >= 4 is 41.1 Å². The molecule has 0 bridgehead atoms. The highest BCUT2D eigenvalue weighted by Gasteiger charge is 2.19. The number of nitrogens with zero attached hydrogens (tertiary/aromatic N) is 1. The summed E-state index contributed by atoms with van der Waals surface area (Å²) >= 11 is 10.8. The fourth-order valence-corrected chi connectivity index (χ4v) is 1.82. The first-order valence-electron chi connectivity index (χ1n) is 6.68. The Balaban J connectivity index is 2.97. The Morgan fingerprint density at radius 2 is 2.22 bits per heavy atom. The number of hydrogen-bond acceptors (Lipinski definition) is 6. The van der Waals surface area contributed by atoms with Crippen LogP contribution in [0.5, 0.6) is 11.5 Å². The lowest BCUT2D eigenvalue weighted by molar-refractivity contribution is -0.150. The molecule has 0 spiro atoms. The molecule has 0 aliphatic rings. The summed E-state index contributed by atoms with van der Waals surface area (Å²) in [6.45, 7) is 3.57. The van der Waals surface area contributed by atoms with Crippen LogP contribution in [-0.2, 0) is 9.53 Å². The third-order valence-corrected chi connectivity index (χ3v) is 3.00. The first kappa shape index (κ1) is 19.0. The van der Waals surface area contributed by atoms with Crippen molar-refractivity contribution in [3.05, 3.63) is 22.7 Å². The highest BCUT2D eigenvalue weighted by molar-refractivity contribution is 7.80. The molecule has 126 valence electrons. The van der Waals surface area contributed by atoms with E-state index >= 15 is 0 Å². The number of nitrogens with one attached hydrogen (secondary N) is 1. The first-order valence-corrected chi connectivity index (χ1v) is 7.47. The van der Waals surface area contributed by atoms with E-state index in [0.29, 0.717) is 22.1 Å². The van der Waals surface area contributed by atoms with Gasteiger partial charge in [-0.3, -0.25) is 5.43 Å². The molecule has 0 aliphatic carbocycles. The van der Waals surface area contributed by atoms with Crippen LogP contribution in [0, 0.1) is 0 Å². The Kier molecular flexibility index (Phi) is 7.56. The Hall–Kier alpha value is -2.06. The van der Waals surface area contributed by atoms with Gasteiger partial charge >= 0.3 is 5.97 Å². The zero-order valence-corrected chi connectivity index (χ0v) is 14.5. The number of nitrogens with two attached hydrogens (primary N) is 1. The van der Waals surface area contributed by atoms with Gasteiger partial charge in [0.2, 0.25) is 0 Å². The highest BCUT2D eigenvalue weighted by Crippen LogP contribution is 2.33. The normalized spacial score (nSPS) is 11.8. The summed E-state index contributed by atoms with van der Waals surface area (Å²) in [6, 6.07) is 3.14. The van der Waals surface area contributed by atoms with Crippen LogP contribution in [0.4, 0.5) is 0 Å². The van der Waals surface area contributed by atoms with Gasteiger partial charge in [0.15, 0.2) is 22.7 Å². The van der Waals surface area contributed by atoms with E-state index in [1.54, 1.807) is 19.9 Å². The minimum atomic E-state index is -0.796. The van der Waals surface area contributed by atoms with Gasteiger partial charge in [0, 0.05) is 11.6 Å². The SMILES string of the molecule is CCOC(=O)C(C)Oc1cc(Cl)c(C=NNC(N)=S)cc1OC. The second-order valence-electron chi connectivity index (χ2n) is 4.27. The second kappa shape index (κ2) is 9.16. The number of benzene rings is 1. The summed E-state index contributed by atoms with van der Waals surface area (Å²) in [7, 11) is 1.47. The van der Waals surface area contributed by atoms with E-state index in [9.17, 15) is 4.79 Å². The molecule has 1 aromatic rings. The zero-order chi connectivity index (χ0) is 17.4. The van der Waals surface area contributed by atoms with E-state index in [4.69, 9.17) is 31.5 Å². The largest absolute Gasteiger partial charge is 0.493 e. The third kappa shape index (κ3) is 5.91. The van der Waals surface area contributed by atoms with E-state index in [1.165, 1.54) is 19.4 Å². The minimum Gasteiger partial charge on any atom is -0.493 e. The lowest BCUT2D eigenvalue weighted by atomic mass is 10.2. The van der Waals surface area contributed by atoms with Crippen LogP contribution in [0.15, 0.2) is 17.2 Å². The fourth-order valence-electron chi connectivity index (χ4n) is 1.57. The number of carbonyl (C=O) groups excluding carboxylic acids is 1. The van der Waals surface area contributed by atoms with Crippen LogP contribution in [0.3, 0.4) is 0 Å². The topological polar surface area (TPSA) is 95.2 Å². The predicted molar refractivity (Wildman–Crippen MR) is 92.2 cm³/mol. The number of esters is 1. The average Bonchev–Trinajstić information content (AvgIpc) is 2.49. The average molecular weight is 360 g/mol. The molecule has 1 atom stereocenters. The number of methoxy groups -OCH3 is 1. The molecule has 1 rings (SSSR count). The van der Waals surface area contributed by atoms with Crippen LogP contribution in [-0.4, -0.2) is 37.1 Å². The van der Waals surface area contributed by atoms with Crippen LogP contribution in [0.1, 0.15) is 19.4 Å². The fraction of sp³-hybridized carbons (Fsp3) is 0.357. The van der Waals surface area contributed by atoms with E-state index < -0.39 is 12.1 Å². The molecule has 0 heterocycles. The van der Waals surface area contributed by atoms with Crippen molar-refractivity contribution in [2.24, 2.45) is 10.8 Å². The molecule has 1 aromatic carbocycles. The van der Waals surface area contributed by atoms with Crippen molar-refractivity contribution < 1.29 is 19.0 Å². The summed E-state index contributed by atoms with van der Waals surface area (Å²) in [5, 5.41) is 4.21. The number of carbonyl (C=O) groups is 1. The maximum atomic E-state index is 11.6. The summed E-state index contributed by atoms with van der Waals surface area (Å²) in [5.74, 6) is 0.233. The van der Waals surface area contributed by atoms with Gasteiger partial charge in [-0.2, -0.15) is 5.10 Å². The zero-order valence-electron chi connectivity index (χ0n) is 13.0. The highest BCUT2D eigenvalue weighted by atomic mass is 35.5. The van der Waals surface area contributed by atoms with Crippen LogP contribution >= 0.6 is 23.8 Å². The molecule has 0 aromatic heterocycles. The summed E-state index contributed by atoms with van der Waals surface area (Å²) in [4.78, 5) is 11.6. The van der Waals surface area contributed by atoms with Gasteiger partial charge in [0.25, 0.3) is 0 Å². The summed E-state index contributed by atoms with van der Waals surface area (Å²) in [6.07, 6.45) is 0.637. The van der Waals surface area contributed by atoms with Gasteiger partial charge in [-0.25, -0.2) is 4.79 Å². The Labute approximate surface area is 144 Å². The smallest absolute Gasteiger partial charge is 0.347 e. The molecule has 9 heteroatoms. The molecule has 0 saturated carbocycles. The lowest BCUT2D eigenvalue weighted by Gasteiger charge is -2.16. The molecule has 7 nitrogen and oxygen atoms in total. The maximum absolute atomic E-state index is 11.6. The number of hydrazone groups is 1. The third-order valence-electron chi connectivity index (χ3n) is 2.58. The second-order valence-corrected chi connectivity index (χ2v) is 5.12. The Morgan fingerprint density at radius 1 is 1.52 bits per heavy atom. The molecule has 23 heavy (non-hydrogen) atoms. The van der Waals surface area contributed by atoms with Crippen LogP contribution in [0.25, 0.3) is 0 Å². The molecule has 0 amide bonds. The van der Waals surface area contributed by atoms with E-state index in [-0.39, 0.29) is 11.7 Å². The molecule has 1 unspecified atom stereocenters. The van der Waals surface area contributed by atoms with Crippen molar-refractivity contribution in [2.45, 2.75) is 20.0 Å². The molecular weight excluding hydrogens is 342 g/mol. The van der Waals surface area contributed by atoms with Crippen LogP contribution in [0.2, 0.25) is 5.02 Å². The molecule has 0 radical (unpaired) electrons. The Bertz CT molecular complexity index is 610. The maximum Gasteiger partial charge on any atom is 0.347 e.